The summed E-state index contributed by atoms with van der Waals surface area (Å²) in [6.45, 7) is 3.25. The first-order valence-electron chi connectivity index (χ1n) is 10.1. The molecule has 0 spiro atoms. The molecule has 2 atom stereocenters. The number of carboxylic acid groups (broad SMARTS) is 1. The van der Waals surface area contributed by atoms with E-state index in [1.165, 1.54) is 51.4 Å². The quantitative estimate of drug-likeness (QED) is 0.766. The van der Waals surface area contributed by atoms with Gasteiger partial charge in [0, 0.05) is 36.8 Å². The van der Waals surface area contributed by atoms with Crippen LogP contribution in [0, 0.1) is 5.92 Å². The number of hydrogen-bond donors (Lipinski definition) is 1. The molecule has 0 radical (unpaired) electrons. The lowest BCUT2D eigenvalue weighted by atomic mass is 9.83. The minimum absolute atomic E-state index is 0.250. The molecule has 0 aliphatic carbocycles. The Morgan fingerprint density at radius 2 is 1.83 bits per heavy atom. The molecule has 1 aromatic heterocycles. The Kier molecular flexibility index (Phi) is 7.08. The molecule has 8 heteroatoms. The van der Waals surface area contributed by atoms with Crippen molar-refractivity contribution in [1.82, 2.24) is 14.5 Å². The highest BCUT2D eigenvalue weighted by Crippen LogP contribution is 2.33. The van der Waals surface area contributed by atoms with E-state index in [1.807, 2.05) is 18.3 Å². The Hall–Kier alpha value is -2.19. The molecule has 7 nitrogen and oxygen atoms in total. The molecule has 158 valence electrons. The van der Waals surface area contributed by atoms with E-state index in [0.717, 1.165) is 17.9 Å². The van der Waals surface area contributed by atoms with Gasteiger partial charge < -0.3 is 14.6 Å². The van der Waals surface area contributed by atoms with Crippen LogP contribution in [0.4, 0.5) is 0 Å². The minimum Gasteiger partial charge on any atom is -0.483 e. The van der Waals surface area contributed by atoms with Gasteiger partial charge in [-0.15, -0.1) is 0 Å². The van der Waals surface area contributed by atoms with E-state index in [0.29, 0.717) is 16.9 Å². The van der Waals surface area contributed by atoms with Gasteiger partial charge in [0.15, 0.2) is 9.84 Å². The third-order valence-electron chi connectivity index (χ3n) is 5.92. The normalized spacial score (nSPS) is 22.2. The van der Waals surface area contributed by atoms with Gasteiger partial charge in [-0.25, -0.2) is 13.4 Å². The van der Waals surface area contributed by atoms with Gasteiger partial charge >= 0.3 is 0 Å². The third kappa shape index (κ3) is 5.25. The first-order valence-corrected chi connectivity index (χ1v) is 12.0. The van der Waals surface area contributed by atoms with Crippen molar-refractivity contribution in [2.24, 2.45) is 5.92 Å². The fourth-order valence-corrected chi connectivity index (χ4v) is 5.24. The molecule has 0 unspecified atom stereocenters. The molecule has 2 aliphatic heterocycles. The zero-order chi connectivity index (χ0) is 20.9. The molecule has 0 bridgehead atoms. The maximum absolute atomic E-state index is 11.7. The Balaban J connectivity index is 0.000000755. The standard InChI is InChI=1S/C20H27N3O2S.CH2O2/c1-26(24,25)18-9-7-16(8-10-18)20-21-11-14-23(20)15-17-5-4-13-22-12-3-2-6-19(17)22;2-1-3/h7-11,14,17,19H,2-6,12-13,15H2,1H3;1H,(H,2,3)/t17-,19+;/m0./s1. The number of piperidine rings is 2. The van der Waals surface area contributed by atoms with E-state index in [-0.39, 0.29) is 6.47 Å². The zero-order valence-corrected chi connectivity index (χ0v) is 17.6. The van der Waals surface area contributed by atoms with Crippen molar-refractivity contribution >= 4 is 16.3 Å². The summed E-state index contributed by atoms with van der Waals surface area (Å²) in [4.78, 5) is 15.9. The second-order valence-electron chi connectivity index (χ2n) is 7.81. The molecule has 3 heterocycles. The minimum atomic E-state index is -3.17. The van der Waals surface area contributed by atoms with E-state index >= 15 is 0 Å². The number of hydrogen-bond acceptors (Lipinski definition) is 5. The molecule has 1 aromatic carbocycles. The summed E-state index contributed by atoms with van der Waals surface area (Å²) >= 11 is 0. The predicted molar refractivity (Wildman–Crippen MR) is 111 cm³/mol. The number of imidazole rings is 1. The van der Waals surface area contributed by atoms with Crippen molar-refractivity contribution < 1.29 is 18.3 Å². The Bertz CT molecular complexity index is 906. The van der Waals surface area contributed by atoms with Crippen LogP contribution < -0.4 is 0 Å². The summed E-state index contributed by atoms with van der Waals surface area (Å²) in [7, 11) is -3.17. The molecule has 2 saturated heterocycles. The molecule has 0 saturated carbocycles. The zero-order valence-electron chi connectivity index (χ0n) is 16.8. The van der Waals surface area contributed by atoms with Gasteiger partial charge in [0.05, 0.1) is 4.90 Å². The highest BCUT2D eigenvalue weighted by molar-refractivity contribution is 7.90. The molecule has 2 aliphatic rings. The fourth-order valence-electron chi connectivity index (χ4n) is 4.61. The molecule has 2 aromatic rings. The Morgan fingerprint density at radius 1 is 1.14 bits per heavy atom. The van der Waals surface area contributed by atoms with Crippen molar-refractivity contribution in [3.8, 4) is 11.4 Å². The average molecular weight is 420 g/mol. The van der Waals surface area contributed by atoms with E-state index in [2.05, 4.69) is 20.6 Å². The summed E-state index contributed by atoms with van der Waals surface area (Å²) in [5.74, 6) is 1.60. The number of benzene rings is 1. The van der Waals surface area contributed by atoms with Gasteiger partial charge in [-0.2, -0.15) is 0 Å². The molecule has 29 heavy (non-hydrogen) atoms. The van der Waals surface area contributed by atoms with Crippen LogP contribution in [0.1, 0.15) is 32.1 Å². The first kappa shape index (κ1) is 21.5. The van der Waals surface area contributed by atoms with Crippen LogP contribution in [0.5, 0.6) is 0 Å². The summed E-state index contributed by atoms with van der Waals surface area (Å²) in [6, 6.07) is 7.78. The number of nitrogens with zero attached hydrogens (tertiary/aromatic N) is 3. The summed E-state index contributed by atoms with van der Waals surface area (Å²) in [5.41, 5.74) is 0.971. The van der Waals surface area contributed by atoms with Crippen molar-refractivity contribution in [3.63, 3.8) is 0 Å². The van der Waals surface area contributed by atoms with Gasteiger partial charge in [0.25, 0.3) is 6.47 Å². The number of rotatable bonds is 4. The van der Waals surface area contributed by atoms with Crippen LogP contribution in [-0.4, -0.2) is 59.8 Å². The number of carbonyl (C=O) groups is 1. The van der Waals surface area contributed by atoms with Crippen LogP contribution in [0.25, 0.3) is 11.4 Å². The van der Waals surface area contributed by atoms with Crippen molar-refractivity contribution in [2.45, 2.75) is 49.6 Å². The Morgan fingerprint density at radius 3 is 2.52 bits per heavy atom. The van der Waals surface area contributed by atoms with Crippen LogP contribution in [0.2, 0.25) is 0 Å². The van der Waals surface area contributed by atoms with Crippen LogP contribution in [-0.2, 0) is 21.2 Å². The monoisotopic (exact) mass is 419 g/mol. The smallest absolute Gasteiger partial charge is 0.290 e. The SMILES string of the molecule is CS(=O)(=O)c1ccc(-c2nccn2C[C@@H]2CCCN3CCCC[C@H]23)cc1.O=CO. The van der Waals surface area contributed by atoms with Gasteiger partial charge in [-0.05, 0) is 69.0 Å². The maximum Gasteiger partial charge on any atom is 0.290 e. The highest BCUT2D eigenvalue weighted by atomic mass is 32.2. The highest BCUT2D eigenvalue weighted by Gasteiger charge is 2.33. The lowest BCUT2D eigenvalue weighted by Crippen LogP contribution is -2.49. The van der Waals surface area contributed by atoms with Gasteiger partial charge in [0.2, 0.25) is 0 Å². The molecule has 4 rings (SSSR count). The van der Waals surface area contributed by atoms with E-state index in [9.17, 15) is 8.42 Å². The average Bonchev–Trinajstić information content (AvgIpc) is 3.16. The number of aromatic nitrogens is 2. The molecular formula is C21H29N3O4S. The topological polar surface area (TPSA) is 92.5 Å². The van der Waals surface area contributed by atoms with Crippen molar-refractivity contribution in [3.05, 3.63) is 36.7 Å². The molecule has 2 fully saturated rings. The molecular weight excluding hydrogens is 390 g/mol. The third-order valence-corrected chi connectivity index (χ3v) is 7.04. The molecule has 0 amide bonds. The van der Waals surface area contributed by atoms with Crippen LogP contribution in [0.15, 0.2) is 41.6 Å². The van der Waals surface area contributed by atoms with Gasteiger partial charge in [-0.3, -0.25) is 4.79 Å². The largest absolute Gasteiger partial charge is 0.483 e. The first-order chi connectivity index (χ1) is 13.9. The van der Waals surface area contributed by atoms with Gasteiger partial charge in [0.1, 0.15) is 5.82 Å². The number of fused-ring (bicyclic) bond motifs is 1. The summed E-state index contributed by atoms with van der Waals surface area (Å²) in [6.07, 6.45) is 11.7. The summed E-state index contributed by atoms with van der Waals surface area (Å²) in [5, 5.41) is 6.89. The second-order valence-corrected chi connectivity index (χ2v) is 9.82. The second kappa shape index (κ2) is 9.54. The van der Waals surface area contributed by atoms with Crippen molar-refractivity contribution in [1.29, 1.82) is 0 Å². The van der Waals surface area contributed by atoms with E-state index in [4.69, 9.17) is 9.90 Å². The fraction of sp³-hybridized carbons (Fsp3) is 0.524. The molecule has 1 N–H and O–H groups in total. The van der Waals surface area contributed by atoms with Crippen molar-refractivity contribution in [2.75, 3.05) is 19.3 Å². The summed E-state index contributed by atoms with van der Waals surface area (Å²) < 4.78 is 25.6. The number of sulfone groups is 1. The lowest BCUT2D eigenvalue weighted by molar-refractivity contribution is -0.122. The van der Waals surface area contributed by atoms with Crippen LogP contribution in [0.3, 0.4) is 0 Å². The van der Waals surface area contributed by atoms with E-state index in [1.54, 1.807) is 12.1 Å². The maximum atomic E-state index is 11.7. The Labute approximate surface area is 172 Å². The predicted octanol–water partition coefficient (Wildman–Crippen LogP) is 2.92. The van der Waals surface area contributed by atoms with Crippen LogP contribution >= 0.6 is 0 Å². The van der Waals surface area contributed by atoms with E-state index < -0.39 is 9.84 Å². The van der Waals surface area contributed by atoms with Gasteiger partial charge in [-0.1, -0.05) is 6.42 Å². The lowest BCUT2D eigenvalue weighted by Gasteiger charge is -2.44.